The monoisotopic (exact) mass is 261 g/mol. The number of aliphatic hydroxyl groups excluding tert-OH is 1. The van der Waals surface area contributed by atoms with Crippen LogP contribution in [-0.2, 0) is 0 Å². The topological polar surface area (TPSA) is 82.3 Å². The second-order valence-electron chi connectivity index (χ2n) is 4.49. The predicted octanol–water partition coefficient (Wildman–Crippen LogP) is 1.59. The molecule has 4 N–H and O–H groups in total. The van der Waals surface area contributed by atoms with Gasteiger partial charge >= 0.3 is 0 Å². The molecule has 5 nitrogen and oxygen atoms in total. The van der Waals surface area contributed by atoms with Gasteiger partial charge in [-0.1, -0.05) is 0 Å². The van der Waals surface area contributed by atoms with Crippen LogP contribution in [0.25, 0.3) is 10.9 Å². The molecule has 0 atom stereocenters. The average molecular weight is 261 g/mol. The van der Waals surface area contributed by atoms with Crippen molar-refractivity contribution in [3.63, 3.8) is 0 Å². The minimum Gasteiger partial charge on any atom is -0.399 e. The molecule has 0 aliphatic carbocycles. The highest BCUT2D eigenvalue weighted by atomic mass is 16.3. The highest BCUT2D eigenvalue weighted by Gasteiger charge is 2.16. The number of aromatic amines is 1. The van der Waals surface area contributed by atoms with Gasteiger partial charge in [0.15, 0.2) is 0 Å². The van der Waals surface area contributed by atoms with E-state index in [0.717, 1.165) is 10.9 Å². The van der Waals surface area contributed by atoms with Gasteiger partial charge in [-0.15, -0.1) is 0 Å². The number of fused-ring (bicyclic) bond motifs is 1. The van der Waals surface area contributed by atoms with Crippen LogP contribution in [0.4, 0.5) is 5.69 Å². The number of benzene rings is 1. The average Bonchev–Trinajstić information content (AvgIpc) is 2.82. The molecule has 0 bridgehead atoms. The summed E-state index contributed by atoms with van der Waals surface area (Å²) in [5, 5.41) is 9.78. The molecule has 0 spiro atoms. The van der Waals surface area contributed by atoms with Crippen molar-refractivity contribution < 1.29 is 9.90 Å². The third-order valence-electron chi connectivity index (χ3n) is 3.13. The van der Waals surface area contributed by atoms with Crippen molar-refractivity contribution in [1.29, 1.82) is 0 Å². The summed E-state index contributed by atoms with van der Waals surface area (Å²) in [4.78, 5) is 17.1. The second kappa shape index (κ2) is 5.75. The van der Waals surface area contributed by atoms with E-state index in [4.69, 9.17) is 10.8 Å². The number of hydrogen-bond donors (Lipinski definition) is 3. The van der Waals surface area contributed by atoms with Crippen LogP contribution in [0.1, 0.15) is 23.8 Å². The van der Waals surface area contributed by atoms with Gasteiger partial charge in [0.2, 0.25) is 0 Å². The number of aliphatic hydroxyl groups is 1. The predicted molar refractivity (Wildman–Crippen MR) is 76.0 cm³/mol. The molecule has 0 aliphatic rings. The van der Waals surface area contributed by atoms with E-state index in [1.807, 2.05) is 25.1 Å². The fraction of sp³-hybridized carbons (Fsp3) is 0.357. The molecule has 0 saturated carbocycles. The summed E-state index contributed by atoms with van der Waals surface area (Å²) in [5.41, 5.74) is 7.86. The number of anilines is 1. The Kier molecular flexibility index (Phi) is 4.06. The van der Waals surface area contributed by atoms with Crippen LogP contribution in [0.5, 0.6) is 0 Å². The Labute approximate surface area is 112 Å². The van der Waals surface area contributed by atoms with Crippen molar-refractivity contribution in [3.8, 4) is 0 Å². The van der Waals surface area contributed by atoms with E-state index in [2.05, 4.69) is 4.98 Å². The third kappa shape index (κ3) is 2.88. The standard InChI is InChI=1S/C14H19N3O2/c1-2-17(6-3-7-18)14(19)13-9-10-8-11(15)4-5-12(10)16-13/h4-5,8-9,16,18H,2-3,6-7,15H2,1H3. The highest BCUT2D eigenvalue weighted by Crippen LogP contribution is 2.19. The van der Waals surface area contributed by atoms with Crippen LogP contribution < -0.4 is 5.73 Å². The van der Waals surface area contributed by atoms with Gasteiger partial charge in [-0.05, 0) is 37.6 Å². The maximum Gasteiger partial charge on any atom is 0.270 e. The summed E-state index contributed by atoms with van der Waals surface area (Å²) >= 11 is 0. The van der Waals surface area contributed by atoms with Crippen LogP contribution in [0.2, 0.25) is 0 Å². The van der Waals surface area contributed by atoms with E-state index < -0.39 is 0 Å². The van der Waals surface area contributed by atoms with Crippen molar-refractivity contribution in [2.75, 3.05) is 25.4 Å². The van der Waals surface area contributed by atoms with Gasteiger partial charge in [0.1, 0.15) is 5.69 Å². The Morgan fingerprint density at radius 2 is 2.21 bits per heavy atom. The molecule has 0 fully saturated rings. The van der Waals surface area contributed by atoms with Gasteiger partial charge in [0.05, 0.1) is 0 Å². The largest absolute Gasteiger partial charge is 0.399 e. The summed E-state index contributed by atoms with van der Waals surface area (Å²) in [6.07, 6.45) is 0.590. The third-order valence-corrected chi connectivity index (χ3v) is 3.13. The fourth-order valence-corrected chi connectivity index (χ4v) is 2.10. The lowest BCUT2D eigenvalue weighted by atomic mass is 10.2. The van der Waals surface area contributed by atoms with Crippen LogP contribution >= 0.6 is 0 Å². The van der Waals surface area contributed by atoms with Gasteiger partial charge in [-0.25, -0.2) is 0 Å². The maximum atomic E-state index is 12.3. The summed E-state index contributed by atoms with van der Waals surface area (Å²) in [6.45, 7) is 3.20. The van der Waals surface area contributed by atoms with Crippen molar-refractivity contribution in [2.24, 2.45) is 0 Å². The number of amides is 1. The Morgan fingerprint density at radius 3 is 2.89 bits per heavy atom. The first-order valence-corrected chi connectivity index (χ1v) is 6.44. The van der Waals surface area contributed by atoms with Gasteiger partial charge in [0, 0.05) is 36.3 Å². The van der Waals surface area contributed by atoms with Crippen LogP contribution in [0.3, 0.4) is 0 Å². The lowest BCUT2D eigenvalue weighted by Crippen LogP contribution is -2.32. The quantitative estimate of drug-likeness (QED) is 0.715. The van der Waals surface area contributed by atoms with Gasteiger partial charge in [0.25, 0.3) is 5.91 Å². The number of nitrogens with zero attached hydrogens (tertiary/aromatic N) is 1. The number of nitrogens with one attached hydrogen (secondary N) is 1. The molecule has 1 aromatic carbocycles. The van der Waals surface area contributed by atoms with E-state index in [1.54, 1.807) is 11.0 Å². The second-order valence-corrected chi connectivity index (χ2v) is 4.49. The molecular formula is C14H19N3O2. The van der Waals surface area contributed by atoms with Crippen LogP contribution in [-0.4, -0.2) is 40.6 Å². The summed E-state index contributed by atoms with van der Waals surface area (Å²) in [5.74, 6) is -0.0503. The molecule has 102 valence electrons. The zero-order valence-electron chi connectivity index (χ0n) is 11.0. The normalized spacial score (nSPS) is 10.8. The maximum absolute atomic E-state index is 12.3. The molecule has 1 amide bonds. The first-order chi connectivity index (χ1) is 9.15. The van der Waals surface area contributed by atoms with E-state index in [1.165, 1.54) is 0 Å². The van der Waals surface area contributed by atoms with Gasteiger partial charge < -0.3 is 20.7 Å². The van der Waals surface area contributed by atoms with Crippen molar-refractivity contribution in [1.82, 2.24) is 9.88 Å². The molecule has 0 saturated heterocycles. The summed E-state index contributed by atoms with van der Waals surface area (Å²) < 4.78 is 0. The molecule has 2 aromatic rings. The Bertz CT molecular complexity index is 577. The Hall–Kier alpha value is -2.01. The lowest BCUT2D eigenvalue weighted by molar-refractivity contribution is 0.0749. The Balaban J connectivity index is 2.24. The van der Waals surface area contributed by atoms with Gasteiger partial charge in [-0.3, -0.25) is 4.79 Å². The first-order valence-electron chi connectivity index (χ1n) is 6.44. The number of nitrogens with two attached hydrogens (primary N) is 1. The molecule has 0 aliphatic heterocycles. The lowest BCUT2D eigenvalue weighted by Gasteiger charge is -2.19. The minimum atomic E-state index is -0.0503. The van der Waals surface area contributed by atoms with E-state index in [9.17, 15) is 4.79 Å². The number of carbonyl (C=O) groups excluding carboxylic acids is 1. The molecule has 0 radical (unpaired) electrons. The number of rotatable bonds is 5. The number of nitrogen functional groups attached to an aromatic ring is 1. The molecule has 0 unspecified atom stereocenters. The first kappa shape index (κ1) is 13.4. The summed E-state index contributed by atoms with van der Waals surface area (Å²) in [6, 6.07) is 7.32. The highest BCUT2D eigenvalue weighted by molar-refractivity contribution is 5.98. The van der Waals surface area contributed by atoms with E-state index in [-0.39, 0.29) is 12.5 Å². The molecular weight excluding hydrogens is 242 g/mol. The van der Waals surface area contributed by atoms with Crippen LogP contribution in [0.15, 0.2) is 24.3 Å². The fourth-order valence-electron chi connectivity index (χ4n) is 2.10. The van der Waals surface area contributed by atoms with Crippen molar-refractivity contribution in [2.45, 2.75) is 13.3 Å². The molecule has 1 aromatic heterocycles. The molecule has 1 heterocycles. The van der Waals surface area contributed by atoms with E-state index >= 15 is 0 Å². The Morgan fingerprint density at radius 1 is 1.42 bits per heavy atom. The van der Waals surface area contributed by atoms with Crippen LogP contribution in [0, 0.1) is 0 Å². The van der Waals surface area contributed by atoms with Gasteiger partial charge in [-0.2, -0.15) is 0 Å². The molecule has 19 heavy (non-hydrogen) atoms. The minimum absolute atomic E-state index is 0.0503. The zero-order valence-corrected chi connectivity index (χ0v) is 11.0. The molecule has 2 rings (SSSR count). The number of carbonyl (C=O) groups is 1. The summed E-state index contributed by atoms with van der Waals surface area (Å²) in [7, 11) is 0. The smallest absolute Gasteiger partial charge is 0.270 e. The van der Waals surface area contributed by atoms with Crippen molar-refractivity contribution in [3.05, 3.63) is 30.0 Å². The van der Waals surface area contributed by atoms with Crippen molar-refractivity contribution >= 4 is 22.5 Å². The SMILES string of the molecule is CCN(CCCO)C(=O)c1cc2cc(N)ccc2[nH]1. The molecule has 5 heteroatoms. The van der Waals surface area contributed by atoms with E-state index in [0.29, 0.717) is 30.9 Å². The number of hydrogen-bond acceptors (Lipinski definition) is 3. The number of H-pyrrole nitrogens is 1. The number of aromatic nitrogens is 1. The zero-order chi connectivity index (χ0) is 13.8.